The van der Waals surface area contributed by atoms with Crippen LogP contribution >= 0.6 is 22.6 Å². The SMILES string of the molecule is O=C1[C@@H]2C=C(I)[C@@H](C2)N1Cc1ccccc1. The zero-order valence-corrected chi connectivity index (χ0v) is 10.9. The Hall–Kier alpha value is -0.840. The summed E-state index contributed by atoms with van der Waals surface area (Å²) in [5.74, 6) is 0.454. The summed E-state index contributed by atoms with van der Waals surface area (Å²) in [5, 5.41) is 0. The van der Waals surface area contributed by atoms with Crippen LogP contribution in [0, 0.1) is 5.92 Å². The van der Waals surface area contributed by atoms with Crippen LogP contribution in [0.15, 0.2) is 40.0 Å². The van der Waals surface area contributed by atoms with E-state index in [9.17, 15) is 4.79 Å². The van der Waals surface area contributed by atoms with Gasteiger partial charge in [0.05, 0.1) is 12.0 Å². The number of amides is 1. The summed E-state index contributed by atoms with van der Waals surface area (Å²) >= 11 is 2.36. The third kappa shape index (κ3) is 1.57. The van der Waals surface area contributed by atoms with Gasteiger partial charge in [-0.3, -0.25) is 4.79 Å². The molecule has 1 heterocycles. The van der Waals surface area contributed by atoms with Crippen molar-refractivity contribution in [1.29, 1.82) is 0 Å². The first-order valence-corrected chi connectivity index (χ1v) is 6.55. The van der Waals surface area contributed by atoms with Crippen molar-refractivity contribution >= 4 is 28.5 Å². The number of carbonyl (C=O) groups is 1. The fourth-order valence-corrected chi connectivity index (χ4v) is 3.53. The predicted molar refractivity (Wildman–Crippen MR) is 71.0 cm³/mol. The van der Waals surface area contributed by atoms with Crippen LogP contribution in [0.25, 0.3) is 0 Å². The first-order valence-electron chi connectivity index (χ1n) is 5.47. The van der Waals surface area contributed by atoms with Crippen molar-refractivity contribution in [2.75, 3.05) is 0 Å². The molecule has 3 rings (SSSR count). The van der Waals surface area contributed by atoms with Gasteiger partial charge in [-0.25, -0.2) is 0 Å². The number of rotatable bonds is 2. The van der Waals surface area contributed by atoms with E-state index in [1.165, 1.54) is 9.14 Å². The summed E-state index contributed by atoms with van der Waals surface area (Å²) in [6.45, 7) is 0.751. The molecule has 0 aromatic heterocycles. The number of nitrogens with zero attached hydrogens (tertiary/aromatic N) is 1. The van der Waals surface area contributed by atoms with E-state index >= 15 is 0 Å². The van der Waals surface area contributed by atoms with Crippen molar-refractivity contribution in [2.45, 2.75) is 19.0 Å². The van der Waals surface area contributed by atoms with Gasteiger partial charge in [0.25, 0.3) is 0 Å². The minimum Gasteiger partial charge on any atom is -0.330 e. The largest absolute Gasteiger partial charge is 0.330 e. The first-order chi connectivity index (χ1) is 7.75. The van der Waals surface area contributed by atoms with Crippen molar-refractivity contribution in [3.8, 4) is 0 Å². The van der Waals surface area contributed by atoms with Crippen LogP contribution in [0.3, 0.4) is 0 Å². The highest BCUT2D eigenvalue weighted by molar-refractivity contribution is 14.1. The fourth-order valence-electron chi connectivity index (χ4n) is 2.51. The Morgan fingerprint density at radius 1 is 1.31 bits per heavy atom. The number of likely N-dealkylation sites (tertiary alicyclic amines) is 1. The van der Waals surface area contributed by atoms with Crippen LogP contribution in [0.1, 0.15) is 12.0 Å². The number of hydrogen-bond acceptors (Lipinski definition) is 1. The molecule has 1 aliphatic carbocycles. The van der Waals surface area contributed by atoms with Crippen molar-refractivity contribution < 1.29 is 4.79 Å². The number of benzene rings is 1. The Morgan fingerprint density at radius 2 is 2.06 bits per heavy atom. The van der Waals surface area contributed by atoms with E-state index in [1.54, 1.807) is 0 Å². The zero-order chi connectivity index (χ0) is 11.1. The molecule has 0 radical (unpaired) electrons. The smallest absolute Gasteiger partial charge is 0.230 e. The Bertz CT molecular complexity index is 454. The molecule has 1 fully saturated rings. The van der Waals surface area contributed by atoms with Crippen LogP contribution in [0.4, 0.5) is 0 Å². The van der Waals surface area contributed by atoms with Gasteiger partial charge < -0.3 is 4.90 Å². The third-order valence-corrected chi connectivity index (χ3v) is 4.41. The monoisotopic (exact) mass is 325 g/mol. The maximum Gasteiger partial charge on any atom is 0.230 e. The molecule has 1 aromatic carbocycles. The molecule has 1 aromatic rings. The number of carbonyl (C=O) groups excluding carboxylic acids is 1. The quantitative estimate of drug-likeness (QED) is 0.766. The second-order valence-corrected chi connectivity index (χ2v) is 5.61. The van der Waals surface area contributed by atoms with E-state index in [0.29, 0.717) is 11.9 Å². The molecule has 16 heavy (non-hydrogen) atoms. The third-order valence-electron chi connectivity index (χ3n) is 3.33. The Morgan fingerprint density at radius 3 is 2.75 bits per heavy atom. The first kappa shape index (κ1) is 10.3. The second kappa shape index (κ2) is 3.87. The molecule has 1 amide bonds. The van der Waals surface area contributed by atoms with Gasteiger partial charge in [-0.1, -0.05) is 36.4 Å². The van der Waals surface area contributed by atoms with E-state index in [4.69, 9.17) is 0 Å². The minimum absolute atomic E-state index is 0.153. The van der Waals surface area contributed by atoms with Crippen molar-refractivity contribution in [3.63, 3.8) is 0 Å². The normalized spacial score (nSPS) is 27.4. The Kier molecular flexibility index (Phi) is 2.50. The maximum absolute atomic E-state index is 12.0. The maximum atomic E-state index is 12.0. The molecule has 2 aliphatic rings. The van der Waals surface area contributed by atoms with Crippen molar-refractivity contribution in [3.05, 3.63) is 45.6 Å². The van der Waals surface area contributed by atoms with E-state index in [1.807, 2.05) is 23.1 Å². The lowest BCUT2D eigenvalue weighted by Crippen LogP contribution is -2.35. The van der Waals surface area contributed by atoms with Crippen molar-refractivity contribution in [1.82, 2.24) is 4.90 Å². The molecule has 2 atom stereocenters. The van der Waals surface area contributed by atoms with Crippen LogP contribution in [0.5, 0.6) is 0 Å². The molecule has 1 saturated heterocycles. The standard InChI is InChI=1S/C13H12INO/c14-11-6-10-7-12(11)15(13(10)16)8-9-4-2-1-3-5-9/h1-6,10,12H,7-8H2/t10-,12-/m1/s1. The van der Waals surface area contributed by atoms with E-state index < -0.39 is 0 Å². The van der Waals surface area contributed by atoms with E-state index in [2.05, 4.69) is 40.8 Å². The lowest BCUT2D eigenvalue weighted by atomic mass is 10.1. The summed E-state index contributed by atoms with van der Waals surface area (Å²) in [6, 6.07) is 10.6. The molecule has 0 unspecified atom stereocenters. The lowest BCUT2D eigenvalue weighted by molar-refractivity contribution is -0.131. The Labute approximate surface area is 108 Å². The average Bonchev–Trinajstić information content (AvgIpc) is 2.80. The van der Waals surface area contributed by atoms with Crippen LogP contribution < -0.4 is 0 Å². The van der Waals surface area contributed by atoms with Crippen LogP contribution in [-0.4, -0.2) is 16.8 Å². The summed E-state index contributed by atoms with van der Waals surface area (Å²) in [5.41, 5.74) is 1.22. The number of halogens is 1. The predicted octanol–water partition coefficient (Wildman–Crippen LogP) is 2.74. The summed E-state index contributed by atoms with van der Waals surface area (Å²) in [6.07, 6.45) is 3.11. The fraction of sp³-hybridized carbons (Fsp3) is 0.308. The Balaban J connectivity index is 1.82. The summed E-state index contributed by atoms with van der Waals surface area (Å²) in [7, 11) is 0. The molecule has 82 valence electrons. The van der Waals surface area contributed by atoms with Gasteiger partial charge in [-0.2, -0.15) is 0 Å². The van der Waals surface area contributed by atoms with Gasteiger partial charge in [-0.05, 0) is 34.6 Å². The molecule has 2 bridgehead atoms. The molecule has 0 saturated carbocycles. The van der Waals surface area contributed by atoms with E-state index in [-0.39, 0.29) is 5.92 Å². The highest BCUT2D eigenvalue weighted by Gasteiger charge is 2.44. The number of hydrogen-bond donors (Lipinski definition) is 0. The van der Waals surface area contributed by atoms with Gasteiger partial charge in [0.2, 0.25) is 5.91 Å². The van der Waals surface area contributed by atoms with Crippen LogP contribution in [0.2, 0.25) is 0 Å². The van der Waals surface area contributed by atoms with Gasteiger partial charge in [0, 0.05) is 10.1 Å². The number of fused-ring (bicyclic) bond motifs is 2. The molecular formula is C13H12INO. The lowest BCUT2D eigenvalue weighted by Gasteiger charge is -2.26. The topological polar surface area (TPSA) is 20.3 Å². The summed E-state index contributed by atoms with van der Waals surface area (Å²) < 4.78 is 1.33. The molecule has 2 nitrogen and oxygen atoms in total. The average molecular weight is 325 g/mol. The highest BCUT2D eigenvalue weighted by Crippen LogP contribution is 2.41. The summed E-state index contributed by atoms with van der Waals surface area (Å²) in [4.78, 5) is 14.0. The van der Waals surface area contributed by atoms with E-state index in [0.717, 1.165) is 13.0 Å². The molecular weight excluding hydrogens is 313 g/mol. The molecule has 3 heteroatoms. The van der Waals surface area contributed by atoms with Crippen molar-refractivity contribution in [2.24, 2.45) is 5.92 Å². The highest BCUT2D eigenvalue weighted by atomic mass is 127. The molecule has 1 aliphatic heterocycles. The molecule has 0 spiro atoms. The van der Waals surface area contributed by atoms with Gasteiger partial charge in [0.15, 0.2) is 0 Å². The second-order valence-electron chi connectivity index (χ2n) is 4.36. The minimum atomic E-state index is 0.153. The van der Waals surface area contributed by atoms with Gasteiger partial charge >= 0.3 is 0 Å². The molecule has 0 N–H and O–H groups in total. The van der Waals surface area contributed by atoms with Crippen LogP contribution in [-0.2, 0) is 11.3 Å². The van der Waals surface area contributed by atoms with Gasteiger partial charge in [-0.15, -0.1) is 0 Å². The zero-order valence-electron chi connectivity index (χ0n) is 8.77. The van der Waals surface area contributed by atoms with Gasteiger partial charge in [0.1, 0.15) is 0 Å².